The van der Waals surface area contributed by atoms with E-state index in [1.54, 1.807) is 19.6 Å². The van der Waals surface area contributed by atoms with Crippen molar-refractivity contribution < 1.29 is 0 Å². The average Bonchev–Trinajstić information content (AvgIpc) is 3.16. The van der Waals surface area contributed by atoms with E-state index in [1.807, 2.05) is 35.9 Å². The van der Waals surface area contributed by atoms with Crippen LogP contribution in [0.4, 0.5) is 0 Å². The van der Waals surface area contributed by atoms with Gasteiger partial charge in [0.2, 0.25) is 0 Å². The van der Waals surface area contributed by atoms with Gasteiger partial charge in [0, 0.05) is 56.5 Å². The van der Waals surface area contributed by atoms with E-state index >= 15 is 0 Å². The van der Waals surface area contributed by atoms with E-state index in [-0.39, 0.29) is 17.3 Å². The molecule has 3 aromatic rings. The van der Waals surface area contributed by atoms with Crippen LogP contribution in [0.3, 0.4) is 0 Å². The molecule has 0 aliphatic carbocycles. The maximum Gasteiger partial charge on any atom is 0.330 e. The van der Waals surface area contributed by atoms with Crippen molar-refractivity contribution in [1.29, 1.82) is 0 Å². The normalized spacial score (nSPS) is 12.3. The van der Waals surface area contributed by atoms with Crippen LogP contribution in [0.25, 0.3) is 5.69 Å². The van der Waals surface area contributed by atoms with Gasteiger partial charge in [0.25, 0.3) is 5.56 Å². The van der Waals surface area contributed by atoms with Crippen LogP contribution in [0.15, 0.2) is 58.6 Å². The van der Waals surface area contributed by atoms with Gasteiger partial charge in [-0.15, -0.1) is 0 Å². The highest BCUT2D eigenvalue weighted by Gasteiger charge is 2.10. The second kappa shape index (κ2) is 6.90. The topological polar surface area (TPSA) is 73.8 Å². The van der Waals surface area contributed by atoms with E-state index in [0.717, 1.165) is 15.8 Å². The third-order valence-electron chi connectivity index (χ3n) is 4.39. The van der Waals surface area contributed by atoms with Gasteiger partial charge in [-0.3, -0.25) is 13.9 Å². The minimum absolute atomic E-state index is 0.0580. The fourth-order valence-electron chi connectivity index (χ4n) is 2.69. The zero-order chi connectivity index (χ0) is 18.0. The summed E-state index contributed by atoms with van der Waals surface area (Å²) in [5.74, 6) is 0. The van der Waals surface area contributed by atoms with Gasteiger partial charge in [0.1, 0.15) is 0 Å². The zero-order valence-electron chi connectivity index (χ0n) is 14.5. The molecule has 0 saturated heterocycles. The Kier molecular flexibility index (Phi) is 4.67. The molecule has 0 spiro atoms. The lowest BCUT2D eigenvalue weighted by molar-refractivity contribution is 0.540. The van der Waals surface area contributed by atoms with Gasteiger partial charge in [-0.25, -0.2) is 9.78 Å². The molecule has 1 aromatic carbocycles. The first kappa shape index (κ1) is 16.9. The molecule has 3 rings (SSSR count). The molecule has 130 valence electrons. The SMILES string of the molecule is CC(NCc1cc(=O)n(C)c(=O)n1C)c1cccc(-n2ccnc2)c1. The molecule has 2 heterocycles. The Labute approximate surface area is 145 Å². The van der Waals surface area contributed by atoms with Crippen molar-refractivity contribution in [3.8, 4) is 5.69 Å². The second-order valence-corrected chi connectivity index (χ2v) is 6.04. The molecule has 0 amide bonds. The van der Waals surface area contributed by atoms with Crippen LogP contribution < -0.4 is 16.6 Å². The molecule has 0 fully saturated rings. The van der Waals surface area contributed by atoms with E-state index in [4.69, 9.17) is 0 Å². The van der Waals surface area contributed by atoms with Crippen LogP contribution in [-0.4, -0.2) is 18.7 Å². The molecular formula is C18H21N5O2. The molecule has 7 heteroatoms. The Morgan fingerprint density at radius 3 is 2.68 bits per heavy atom. The van der Waals surface area contributed by atoms with Crippen molar-refractivity contribution in [2.45, 2.75) is 19.5 Å². The summed E-state index contributed by atoms with van der Waals surface area (Å²) in [4.78, 5) is 27.9. The summed E-state index contributed by atoms with van der Waals surface area (Å²) >= 11 is 0. The summed E-state index contributed by atoms with van der Waals surface area (Å²) in [6.07, 6.45) is 5.39. The summed E-state index contributed by atoms with van der Waals surface area (Å²) in [6.45, 7) is 2.48. The van der Waals surface area contributed by atoms with E-state index < -0.39 is 0 Å². The minimum Gasteiger partial charge on any atom is -0.306 e. The summed E-state index contributed by atoms with van der Waals surface area (Å²) in [5, 5.41) is 3.37. The molecule has 1 unspecified atom stereocenters. The number of hydrogen-bond acceptors (Lipinski definition) is 4. The van der Waals surface area contributed by atoms with Crippen LogP contribution in [0, 0.1) is 0 Å². The molecule has 2 aromatic heterocycles. The molecule has 0 radical (unpaired) electrons. The summed E-state index contributed by atoms with van der Waals surface area (Å²) in [5.41, 5.74) is 2.18. The number of aromatic nitrogens is 4. The summed E-state index contributed by atoms with van der Waals surface area (Å²) < 4.78 is 4.53. The Hall–Kier alpha value is -2.93. The van der Waals surface area contributed by atoms with Gasteiger partial charge in [-0.05, 0) is 24.6 Å². The highest BCUT2D eigenvalue weighted by molar-refractivity contribution is 5.37. The molecular weight excluding hydrogens is 318 g/mol. The van der Waals surface area contributed by atoms with Crippen LogP contribution in [-0.2, 0) is 20.6 Å². The van der Waals surface area contributed by atoms with Crippen LogP contribution >= 0.6 is 0 Å². The maximum atomic E-state index is 12.0. The highest BCUT2D eigenvalue weighted by atomic mass is 16.2. The number of hydrogen-bond donors (Lipinski definition) is 1. The Morgan fingerprint density at radius 1 is 1.16 bits per heavy atom. The Morgan fingerprint density at radius 2 is 1.96 bits per heavy atom. The van der Waals surface area contributed by atoms with Crippen LogP contribution in [0.5, 0.6) is 0 Å². The van der Waals surface area contributed by atoms with Crippen molar-refractivity contribution >= 4 is 0 Å². The number of rotatable bonds is 5. The lowest BCUT2D eigenvalue weighted by atomic mass is 10.1. The minimum atomic E-state index is -0.320. The maximum absolute atomic E-state index is 12.0. The zero-order valence-corrected chi connectivity index (χ0v) is 14.5. The second-order valence-electron chi connectivity index (χ2n) is 6.04. The predicted octanol–water partition coefficient (Wildman–Crippen LogP) is 1.12. The largest absolute Gasteiger partial charge is 0.330 e. The van der Waals surface area contributed by atoms with Gasteiger partial charge >= 0.3 is 5.69 Å². The lowest BCUT2D eigenvalue weighted by Gasteiger charge is -2.17. The fourth-order valence-corrected chi connectivity index (χ4v) is 2.69. The van der Waals surface area contributed by atoms with E-state index in [1.165, 1.54) is 17.7 Å². The van der Waals surface area contributed by atoms with Crippen molar-refractivity contribution in [2.75, 3.05) is 0 Å². The third kappa shape index (κ3) is 3.46. The smallest absolute Gasteiger partial charge is 0.306 e. The van der Waals surface area contributed by atoms with Crippen molar-refractivity contribution in [3.63, 3.8) is 0 Å². The molecule has 1 N–H and O–H groups in total. The van der Waals surface area contributed by atoms with E-state index in [2.05, 4.69) is 16.4 Å². The summed E-state index contributed by atoms with van der Waals surface area (Å²) in [7, 11) is 3.15. The van der Waals surface area contributed by atoms with Crippen LogP contribution in [0.1, 0.15) is 24.2 Å². The van der Waals surface area contributed by atoms with E-state index in [9.17, 15) is 9.59 Å². The molecule has 0 saturated carbocycles. The first-order valence-corrected chi connectivity index (χ1v) is 8.05. The average molecular weight is 339 g/mol. The number of benzene rings is 1. The monoisotopic (exact) mass is 339 g/mol. The first-order valence-electron chi connectivity index (χ1n) is 8.05. The fraction of sp³-hybridized carbons (Fsp3) is 0.278. The molecule has 7 nitrogen and oxygen atoms in total. The van der Waals surface area contributed by atoms with Gasteiger partial charge in [0.15, 0.2) is 0 Å². The quantitative estimate of drug-likeness (QED) is 0.756. The van der Waals surface area contributed by atoms with Gasteiger partial charge in [-0.1, -0.05) is 12.1 Å². The van der Waals surface area contributed by atoms with Gasteiger partial charge < -0.3 is 9.88 Å². The highest BCUT2D eigenvalue weighted by Crippen LogP contribution is 2.17. The third-order valence-corrected chi connectivity index (χ3v) is 4.39. The molecule has 25 heavy (non-hydrogen) atoms. The number of nitrogens with zero attached hydrogens (tertiary/aromatic N) is 4. The van der Waals surface area contributed by atoms with Crippen LogP contribution in [0.2, 0.25) is 0 Å². The predicted molar refractivity (Wildman–Crippen MR) is 95.7 cm³/mol. The first-order chi connectivity index (χ1) is 12.0. The standard InChI is InChI=1S/C18H21N5O2/c1-13(14-5-4-6-15(9-14)23-8-7-19-12-23)20-11-16-10-17(24)22(3)18(25)21(16)2/h4-10,12-13,20H,11H2,1-3H3. The Bertz CT molecular complexity index is 985. The molecule has 0 aliphatic rings. The van der Waals surface area contributed by atoms with E-state index in [0.29, 0.717) is 12.2 Å². The lowest BCUT2D eigenvalue weighted by Crippen LogP contribution is -2.39. The van der Waals surface area contributed by atoms with Gasteiger partial charge in [0.05, 0.1) is 6.33 Å². The summed E-state index contributed by atoms with van der Waals surface area (Å²) in [6, 6.07) is 9.69. The van der Waals surface area contributed by atoms with Crippen molar-refractivity contribution in [1.82, 2.24) is 24.0 Å². The van der Waals surface area contributed by atoms with Crippen molar-refractivity contribution in [2.24, 2.45) is 14.1 Å². The molecule has 0 aliphatic heterocycles. The number of nitrogens with one attached hydrogen (secondary N) is 1. The molecule has 1 atom stereocenters. The van der Waals surface area contributed by atoms with Crippen molar-refractivity contribution in [3.05, 3.63) is 81.1 Å². The Balaban J connectivity index is 1.78. The number of imidazole rings is 1. The van der Waals surface area contributed by atoms with Gasteiger partial charge in [-0.2, -0.15) is 0 Å². The molecule has 0 bridgehead atoms.